The normalized spacial score (nSPS) is 25.6. The molecule has 1 fully saturated rings. The van der Waals surface area contributed by atoms with E-state index in [1.165, 1.54) is 0 Å². The van der Waals surface area contributed by atoms with E-state index in [9.17, 15) is 18.4 Å². The molecular weight excluding hydrogens is 262 g/mol. The first-order valence-electron chi connectivity index (χ1n) is 5.67. The predicted molar refractivity (Wildman–Crippen MR) is 55.9 cm³/mol. The molecule has 2 atom stereocenters. The Balaban J connectivity index is 2.12. The van der Waals surface area contributed by atoms with E-state index in [0.29, 0.717) is 0 Å². The molecule has 2 aliphatic carbocycles. The minimum atomic E-state index is -3.13. The number of ether oxygens (including phenoxy) is 1. The smallest absolute Gasteiger partial charge is 0.356 e. The Bertz CT molecular complexity index is 596. The summed E-state index contributed by atoms with van der Waals surface area (Å²) in [5, 5.41) is 12.7. The third-order valence-electron chi connectivity index (χ3n) is 3.64. The zero-order chi connectivity index (χ0) is 13.9. The lowest BCUT2D eigenvalue weighted by Crippen LogP contribution is -2.23. The molecule has 1 N–H and O–H groups in total. The zero-order valence-electron chi connectivity index (χ0n) is 9.89. The summed E-state index contributed by atoms with van der Waals surface area (Å²) in [6, 6.07) is 0. The van der Waals surface area contributed by atoms with Crippen molar-refractivity contribution in [1.29, 1.82) is 0 Å². The van der Waals surface area contributed by atoms with E-state index in [0.717, 1.165) is 11.8 Å². The molecule has 19 heavy (non-hydrogen) atoms. The molecule has 1 aromatic heterocycles. The summed E-state index contributed by atoms with van der Waals surface area (Å²) in [5.41, 5.74) is -0.758. The van der Waals surface area contributed by atoms with E-state index in [1.807, 2.05) is 0 Å². The van der Waals surface area contributed by atoms with Crippen LogP contribution in [0.5, 0.6) is 0 Å². The summed E-state index contributed by atoms with van der Waals surface area (Å²) in [6.07, 6.45) is 0.268. The van der Waals surface area contributed by atoms with E-state index in [1.54, 1.807) is 0 Å². The summed E-state index contributed by atoms with van der Waals surface area (Å²) >= 11 is 0. The van der Waals surface area contributed by atoms with Gasteiger partial charge in [0.15, 0.2) is 5.69 Å². The van der Waals surface area contributed by atoms with Gasteiger partial charge in [-0.05, 0) is 12.3 Å². The standard InChI is InChI=1S/C11H10F2N2O4/c1-19-6(16)3-15-9-7(8(14-15)10(17)18)4-2-5(4)11(9,12)13/h4-5H,2-3H2,1H3,(H,17,18). The molecule has 2 unspecified atom stereocenters. The van der Waals surface area contributed by atoms with Gasteiger partial charge in [-0.25, -0.2) is 4.79 Å². The Morgan fingerprint density at radius 2 is 2.26 bits per heavy atom. The number of aromatic carboxylic acids is 1. The van der Waals surface area contributed by atoms with Gasteiger partial charge < -0.3 is 9.84 Å². The van der Waals surface area contributed by atoms with Gasteiger partial charge in [-0.1, -0.05) is 0 Å². The molecule has 1 aromatic rings. The monoisotopic (exact) mass is 272 g/mol. The van der Waals surface area contributed by atoms with Crippen molar-refractivity contribution in [3.05, 3.63) is 17.0 Å². The lowest BCUT2D eigenvalue weighted by molar-refractivity contribution is -0.141. The van der Waals surface area contributed by atoms with Gasteiger partial charge in [-0.2, -0.15) is 13.9 Å². The number of aromatic nitrogens is 2. The highest BCUT2D eigenvalue weighted by Gasteiger charge is 2.67. The molecule has 8 heteroatoms. The Kier molecular flexibility index (Phi) is 2.24. The fourth-order valence-electron chi connectivity index (χ4n) is 2.73. The fraction of sp³-hybridized carbons (Fsp3) is 0.545. The van der Waals surface area contributed by atoms with Crippen LogP contribution in [0.25, 0.3) is 0 Å². The molecule has 0 amide bonds. The molecule has 0 spiro atoms. The quantitative estimate of drug-likeness (QED) is 0.829. The minimum absolute atomic E-state index is 0.0754. The van der Waals surface area contributed by atoms with Gasteiger partial charge in [0.25, 0.3) is 5.92 Å². The minimum Gasteiger partial charge on any atom is -0.476 e. The van der Waals surface area contributed by atoms with E-state index in [-0.39, 0.29) is 17.7 Å². The number of fused-ring (bicyclic) bond motifs is 3. The molecule has 0 saturated heterocycles. The number of methoxy groups -OCH3 is 1. The summed E-state index contributed by atoms with van der Waals surface area (Å²) in [6.45, 7) is -0.513. The van der Waals surface area contributed by atoms with Crippen LogP contribution < -0.4 is 0 Å². The predicted octanol–water partition coefficient (Wildman–Crippen LogP) is 0.963. The number of hydrogen-bond acceptors (Lipinski definition) is 4. The Labute approximate surface area is 106 Å². The highest BCUT2D eigenvalue weighted by Crippen LogP contribution is 2.67. The number of halogens is 2. The number of carbonyl (C=O) groups excluding carboxylic acids is 1. The van der Waals surface area contributed by atoms with Crippen LogP contribution in [0.4, 0.5) is 8.78 Å². The van der Waals surface area contributed by atoms with Crippen LogP contribution in [0.2, 0.25) is 0 Å². The van der Waals surface area contributed by atoms with E-state index in [2.05, 4.69) is 9.84 Å². The number of hydrogen-bond donors (Lipinski definition) is 1. The van der Waals surface area contributed by atoms with Crippen molar-refractivity contribution in [2.75, 3.05) is 7.11 Å². The van der Waals surface area contributed by atoms with Gasteiger partial charge in [-0.3, -0.25) is 9.48 Å². The van der Waals surface area contributed by atoms with Gasteiger partial charge in [0.2, 0.25) is 0 Å². The van der Waals surface area contributed by atoms with Crippen LogP contribution in [0.15, 0.2) is 0 Å². The molecule has 0 bridgehead atoms. The second-order valence-electron chi connectivity index (χ2n) is 4.72. The second-order valence-corrected chi connectivity index (χ2v) is 4.72. The van der Waals surface area contributed by atoms with Crippen molar-refractivity contribution in [1.82, 2.24) is 9.78 Å². The van der Waals surface area contributed by atoms with Crippen LogP contribution in [-0.4, -0.2) is 33.9 Å². The Morgan fingerprint density at radius 1 is 1.58 bits per heavy atom. The maximum Gasteiger partial charge on any atom is 0.356 e. The third-order valence-corrected chi connectivity index (χ3v) is 3.64. The maximum atomic E-state index is 14.1. The molecule has 102 valence electrons. The summed E-state index contributed by atoms with van der Waals surface area (Å²) < 4.78 is 33.3. The first-order chi connectivity index (χ1) is 8.87. The summed E-state index contributed by atoms with van der Waals surface area (Å²) in [4.78, 5) is 22.3. The largest absolute Gasteiger partial charge is 0.476 e. The van der Waals surface area contributed by atoms with E-state index >= 15 is 0 Å². The van der Waals surface area contributed by atoms with Crippen LogP contribution in [0, 0.1) is 5.92 Å². The van der Waals surface area contributed by atoms with Crippen molar-refractivity contribution >= 4 is 11.9 Å². The number of carbonyl (C=O) groups is 2. The zero-order valence-corrected chi connectivity index (χ0v) is 9.89. The number of carboxylic acids is 1. The molecule has 6 nitrogen and oxygen atoms in total. The maximum absolute atomic E-state index is 14.1. The lowest BCUT2D eigenvalue weighted by Gasteiger charge is -2.14. The van der Waals surface area contributed by atoms with Crippen LogP contribution in [0.3, 0.4) is 0 Å². The Hall–Kier alpha value is -1.99. The summed E-state index contributed by atoms with van der Waals surface area (Å²) in [7, 11) is 1.12. The first-order valence-corrected chi connectivity index (χ1v) is 5.67. The molecule has 0 radical (unpaired) electrons. The van der Waals surface area contributed by atoms with Crippen LogP contribution in [-0.2, 0) is 22.0 Å². The van der Waals surface area contributed by atoms with Gasteiger partial charge in [0, 0.05) is 11.5 Å². The SMILES string of the molecule is COC(=O)Cn1nc(C(=O)O)c2c1C(F)(F)C1CC21. The average Bonchev–Trinajstić information content (AvgIpc) is 2.99. The van der Waals surface area contributed by atoms with Crippen molar-refractivity contribution in [3.8, 4) is 0 Å². The fourth-order valence-corrected chi connectivity index (χ4v) is 2.73. The van der Waals surface area contributed by atoms with Gasteiger partial charge in [-0.15, -0.1) is 0 Å². The van der Waals surface area contributed by atoms with Crippen molar-refractivity contribution < 1.29 is 28.2 Å². The molecular formula is C11H10F2N2O4. The Morgan fingerprint density at radius 3 is 2.84 bits per heavy atom. The number of nitrogens with zero attached hydrogens (tertiary/aromatic N) is 2. The third kappa shape index (κ3) is 1.48. The van der Waals surface area contributed by atoms with Gasteiger partial charge in [0.05, 0.1) is 7.11 Å². The van der Waals surface area contributed by atoms with Crippen molar-refractivity contribution in [3.63, 3.8) is 0 Å². The topological polar surface area (TPSA) is 81.4 Å². The lowest BCUT2D eigenvalue weighted by atomic mass is 10.1. The van der Waals surface area contributed by atoms with Gasteiger partial charge >= 0.3 is 11.9 Å². The summed E-state index contributed by atoms with van der Waals surface area (Å²) in [5.74, 6) is -6.55. The molecule has 2 aliphatic rings. The highest BCUT2D eigenvalue weighted by atomic mass is 19.3. The molecule has 0 aliphatic heterocycles. The van der Waals surface area contributed by atoms with Gasteiger partial charge in [0.1, 0.15) is 12.2 Å². The number of esters is 1. The number of rotatable bonds is 3. The van der Waals surface area contributed by atoms with E-state index in [4.69, 9.17) is 5.11 Å². The molecule has 0 aromatic carbocycles. The first kappa shape index (κ1) is 12.1. The van der Waals surface area contributed by atoms with E-state index < -0.39 is 41.9 Å². The molecule has 1 heterocycles. The van der Waals surface area contributed by atoms with Crippen molar-refractivity contribution in [2.24, 2.45) is 5.92 Å². The van der Waals surface area contributed by atoms with Crippen LogP contribution in [0.1, 0.15) is 34.1 Å². The molecule has 1 saturated carbocycles. The highest BCUT2D eigenvalue weighted by molar-refractivity contribution is 5.88. The second kappa shape index (κ2) is 3.52. The van der Waals surface area contributed by atoms with Crippen molar-refractivity contribution in [2.45, 2.75) is 24.8 Å². The molecule has 3 rings (SSSR count). The number of carboxylic acid groups (broad SMARTS) is 1. The average molecular weight is 272 g/mol. The van der Waals surface area contributed by atoms with Crippen LogP contribution >= 0.6 is 0 Å². The number of alkyl halides is 2.